The quantitative estimate of drug-likeness (QED) is 0.645. The zero-order valence-electron chi connectivity index (χ0n) is 8.94. The average molecular weight is 189 g/mol. The maximum atomic E-state index is 3.44. The van der Waals surface area contributed by atoms with Gasteiger partial charge >= 0.3 is 0 Å². The van der Waals surface area contributed by atoms with Crippen LogP contribution in [-0.2, 0) is 0 Å². The van der Waals surface area contributed by atoms with E-state index in [4.69, 9.17) is 0 Å². The van der Waals surface area contributed by atoms with E-state index in [0.29, 0.717) is 4.75 Å². The molecule has 0 saturated heterocycles. The molecule has 0 atom stereocenters. The van der Waals surface area contributed by atoms with E-state index >= 15 is 0 Å². The Bertz CT molecular complexity index is 96.5. The van der Waals surface area contributed by atoms with Crippen molar-refractivity contribution < 1.29 is 0 Å². The van der Waals surface area contributed by atoms with Gasteiger partial charge in [0.15, 0.2) is 0 Å². The molecule has 0 heterocycles. The molecule has 0 aliphatic heterocycles. The third kappa shape index (κ3) is 10.3. The van der Waals surface area contributed by atoms with Gasteiger partial charge in [-0.25, -0.2) is 0 Å². The molecule has 0 bridgehead atoms. The van der Waals surface area contributed by atoms with Crippen LogP contribution in [0.4, 0.5) is 0 Å². The van der Waals surface area contributed by atoms with Crippen molar-refractivity contribution in [2.75, 3.05) is 18.8 Å². The highest BCUT2D eigenvalue weighted by Crippen LogP contribution is 2.21. The van der Waals surface area contributed by atoms with Crippen LogP contribution >= 0.6 is 11.8 Å². The van der Waals surface area contributed by atoms with Crippen LogP contribution in [0.25, 0.3) is 0 Å². The van der Waals surface area contributed by atoms with Gasteiger partial charge < -0.3 is 5.32 Å². The minimum Gasteiger partial charge on any atom is -0.316 e. The number of nitrogens with one attached hydrogen (secondary N) is 1. The molecule has 0 aliphatic carbocycles. The third-order valence-corrected chi connectivity index (χ3v) is 2.80. The van der Waals surface area contributed by atoms with E-state index in [9.17, 15) is 0 Å². The van der Waals surface area contributed by atoms with Gasteiger partial charge in [-0.15, -0.1) is 0 Å². The van der Waals surface area contributed by atoms with Crippen molar-refractivity contribution in [2.45, 2.75) is 45.3 Å². The Balaban J connectivity index is 3.01. The van der Waals surface area contributed by atoms with Crippen molar-refractivity contribution in [3.05, 3.63) is 0 Å². The van der Waals surface area contributed by atoms with Crippen LogP contribution in [0.1, 0.15) is 40.5 Å². The minimum absolute atomic E-state index is 0.423. The lowest BCUT2D eigenvalue weighted by molar-refractivity contribution is 0.664. The standard InChI is InChI=1S/C10H23NS/c1-5-6-7-11-8-9-12-10(2,3)4/h11H,5-9H2,1-4H3. The van der Waals surface area contributed by atoms with Gasteiger partial charge in [0, 0.05) is 17.0 Å². The summed E-state index contributed by atoms with van der Waals surface area (Å²) in [5.41, 5.74) is 0. The van der Waals surface area contributed by atoms with Crippen molar-refractivity contribution in [1.82, 2.24) is 5.32 Å². The molecule has 12 heavy (non-hydrogen) atoms. The highest BCUT2D eigenvalue weighted by molar-refractivity contribution is 8.00. The first kappa shape index (κ1) is 12.3. The van der Waals surface area contributed by atoms with E-state index in [1.807, 2.05) is 11.8 Å². The molecule has 1 nitrogen and oxygen atoms in total. The summed E-state index contributed by atoms with van der Waals surface area (Å²) < 4.78 is 0.423. The van der Waals surface area contributed by atoms with Gasteiger partial charge in [-0.05, 0) is 13.0 Å². The van der Waals surface area contributed by atoms with Crippen molar-refractivity contribution >= 4 is 11.8 Å². The molecule has 0 radical (unpaired) electrons. The highest BCUT2D eigenvalue weighted by atomic mass is 32.2. The van der Waals surface area contributed by atoms with Gasteiger partial charge in [0.2, 0.25) is 0 Å². The summed E-state index contributed by atoms with van der Waals surface area (Å²) in [6.45, 7) is 11.4. The summed E-state index contributed by atoms with van der Waals surface area (Å²) in [6, 6.07) is 0. The van der Waals surface area contributed by atoms with E-state index in [0.717, 1.165) is 6.54 Å². The molecule has 0 aromatic carbocycles. The van der Waals surface area contributed by atoms with Gasteiger partial charge in [-0.1, -0.05) is 34.1 Å². The Kier molecular flexibility index (Phi) is 6.96. The summed E-state index contributed by atoms with van der Waals surface area (Å²) in [5, 5.41) is 3.44. The second-order valence-corrected chi connectivity index (χ2v) is 5.99. The molecule has 0 spiro atoms. The molecule has 0 amide bonds. The highest BCUT2D eigenvalue weighted by Gasteiger charge is 2.08. The van der Waals surface area contributed by atoms with Gasteiger partial charge in [0.1, 0.15) is 0 Å². The summed E-state index contributed by atoms with van der Waals surface area (Å²) in [6.07, 6.45) is 2.60. The van der Waals surface area contributed by atoms with Crippen molar-refractivity contribution in [2.24, 2.45) is 0 Å². The van der Waals surface area contributed by atoms with Gasteiger partial charge in [-0.2, -0.15) is 11.8 Å². The van der Waals surface area contributed by atoms with Crippen molar-refractivity contribution in [3.8, 4) is 0 Å². The van der Waals surface area contributed by atoms with Crippen LogP contribution in [0.3, 0.4) is 0 Å². The summed E-state index contributed by atoms with van der Waals surface area (Å²) in [5.74, 6) is 1.23. The SMILES string of the molecule is CCCCNCCSC(C)(C)C. The first-order valence-corrected chi connectivity index (χ1v) is 5.89. The number of rotatable bonds is 6. The zero-order valence-corrected chi connectivity index (χ0v) is 9.76. The molecule has 1 N–H and O–H groups in total. The Morgan fingerprint density at radius 3 is 2.33 bits per heavy atom. The van der Waals surface area contributed by atoms with Crippen LogP contribution in [0.5, 0.6) is 0 Å². The minimum atomic E-state index is 0.423. The molecule has 0 unspecified atom stereocenters. The number of hydrogen-bond acceptors (Lipinski definition) is 2. The van der Waals surface area contributed by atoms with Crippen LogP contribution in [0, 0.1) is 0 Å². The fourth-order valence-corrected chi connectivity index (χ4v) is 1.71. The molecule has 2 heteroatoms. The van der Waals surface area contributed by atoms with E-state index in [1.54, 1.807) is 0 Å². The number of thioether (sulfide) groups is 1. The van der Waals surface area contributed by atoms with Crippen LogP contribution in [-0.4, -0.2) is 23.6 Å². The third-order valence-electron chi connectivity index (χ3n) is 1.52. The van der Waals surface area contributed by atoms with E-state index < -0.39 is 0 Å². The molecular weight excluding hydrogens is 166 g/mol. The van der Waals surface area contributed by atoms with E-state index in [-0.39, 0.29) is 0 Å². The smallest absolute Gasteiger partial charge is 0.00755 e. The predicted octanol–water partition coefficient (Wildman–Crippen LogP) is 2.91. The molecule has 0 aromatic heterocycles. The van der Waals surface area contributed by atoms with Gasteiger partial charge in [-0.3, -0.25) is 0 Å². The maximum Gasteiger partial charge on any atom is 0.00755 e. The number of hydrogen-bond donors (Lipinski definition) is 1. The average Bonchev–Trinajstić information content (AvgIpc) is 1.94. The lowest BCUT2D eigenvalue weighted by Gasteiger charge is -2.17. The fourth-order valence-electron chi connectivity index (χ4n) is 0.856. The zero-order chi connectivity index (χ0) is 9.45. The van der Waals surface area contributed by atoms with E-state index in [2.05, 4.69) is 33.0 Å². The maximum absolute atomic E-state index is 3.44. The number of unbranched alkanes of at least 4 members (excludes halogenated alkanes) is 1. The second-order valence-electron chi connectivity index (χ2n) is 4.06. The monoisotopic (exact) mass is 189 g/mol. The molecular formula is C10H23NS. The molecule has 0 rings (SSSR count). The normalized spacial score (nSPS) is 12.0. The molecule has 0 saturated carbocycles. The Labute approximate surface area is 81.7 Å². The summed E-state index contributed by atoms with van der Waals surface area (Å²) in [7, 11) is 0. The van der Waals surface area contributed by atoms with Crippen LogP contribution < -0.4 is 5.32 Å². The first-order valence-electron chi connectivity index (χ1n) is 4.91. The molecule has 0 aromatic rings. The lowest BCUT2D eigenvalue weighted by atomic mass is 10.3. The van der Waals surface area contributed by atoms with Crippen LogP contribution in [0.15, 0.2) is 0 Å². The summed E-state index contributed by atoms with van der Waals surface area (Å²) >= 11 is 2.03. The molecule has 74 valence electrons. The van der Waals surface area contributed by atoms with Gasteiger partial charge in [0.25, 0.3) is 0 Å². The lowest BCUT2D eigenvalue weighted by Crippen LogP contribution is -2.20. The van der Waals surface area contributed by atoms with E-state index in [1.165, 1.54) is 25.1 Å². The molecule has 0 fully saturated rings. The first-order chi connectivity index (χ1) is 5.56. The fraction of sp³-hybridized carbons (Fsp3) is 1.00. The topological polar surface area (TPSA) is 12.0 Å². The van der Waals surface area contributed by atoms with Crippen LogP contribution in [0.2, 0.25) is 0 Å². The molecule has 0 aliphatic rings. The Hall–Kier alpha value is 0.310. The largest absolute Gasteiger partial charge is 0.316 e. The Morgan fingerprint density at radius 1 is 1.17 bits per heavy atom. The van der Waals surface area contributed by atoms with Crippen molar-refractivity contribution in [1.29, 1.82) is 0 Å². The van der Waals surface area contributed by atoms with Crippen molar-refractivity contribution in [3.63, 3.8) is 0 Å². The second kappa shape index (κ2) is 6.79. The Morgan fingerprint density at radius 2 is 1.83 bits per heavy atom. The predicted molar refractivity (Wildman–Crippen MR) is 60.0 cm³/mol. The summed E-state index contributed by atoms with van der Waals surface area (Å²) in [4.78, 5) is 0. The van der Waals surface area contributed by atoms with Gasteiger partial charge in [0.05, 0.1) is 0 Å².